The maximum Gasteiger partial charge on any atom is 0.0701 e. The second-order valence-electron chi connectivity index (χ2n) is 3.79. The summed E-state index contributed by atoms with van der Waals surface area (Å²) in [5.74, 6) is 0. The van der Waals surface area contributed by atoms with E-state index in [0.29, 0.717) is 19.8 Å². The Morgan fingerprint density at radius 2 is 2.06 bits per heavy atom. The number of aromatic nitrogens is 1. The second kappa shape index (κ2) is 6.19. The summed E-state index contributed by atoms with van der Waals surface area (Å²) in [4.78, 5) is 0. The molecule has 1 aromatic carbocycles. The van der Waals surface area contributed by atoms with Crippen LogP contribution in [0.25, 0.3) is 10.9 Å². The second-order valence-corrected chi connectivity index (χ2v) is 4.64. The van der Waals surface area contributed by atoms with Crippen LogP contribution in [-0.2, 0) is 16.0 Å². The predicted octanol–water partition coefficient (Wildman–Crippen LogP) is 3.07. The van der Waals surface area contributed by atoms with Gasteiger partial charge in [0.1, 0.15) is 0 Å². The van der Waals surface area contributed by atoms with E-state index in [1.807, 2.05) is 0 Å². The van der Waals surface area contributed by atoms with Crippen molar-refractivity contribution in [3.8, 4) is 0 Å². The van der Waals surface area contributed by atoms with Gasteiger partial charge in [0.2, 0.25) is 0 Å². The molecule has 0 aliphatic heterocycles. The molecule has 0 aliphatic rings. The monoisotopic (exact) mass is 297 g/mol. The number of halogens is 1. The summed E-state index contributed by atoms with van der Waals surface area (Å²) >= 11 is 3.55. The van der Waals surface area contributed by atoms with Gasteiger partial charge in [-0.2, -0.15) is 0 Å². The zero-order valence-electron chi connectivity index (χ0n) is 9.86. The zero-order chi connectivity index (χ0) is 12.1. The summed E-state index contributed by atoms with van der Waals surface area (Å²) in [5.41, 5.74) is 1.23. The third-order valence-electron chi connectivity index (χ3n) is 2.67. The first kappa shape index (κ1) is 12.6. The molecule has 0 unspecified atom stereocenters. The SMILES string of the molecule is COCCOCCn1ccc2c(Br)cccc21. The standard InChI is InChI=1S/C13H16BrNO2/c1-16-9-10-17-8-7-15-6-5-11-12(14)3-2-4-13(11)15/h2-6H,7-10H2,1H3. The first-order valence-electron chi connectivity index (χ1n) is 5.63. The summed E-state index contributed by atoms with van der Waals surface area (Å²) in [6.07, 6.45) is 2.09. The molecule has 0 bridgehead atoms. The van der Waals surface area contributed by atoms with Crippen molar-refractivity contribution in [3.05, 3.63) is 34.9 Å². The number of ether oxygens (including phenoxy) is 2. The molecular formula is C13H16BrNO2. The molecule has 0 spiro atoms. The van der Waals surface area contributed by atoms with E-state index >= 15 is 0 Å². The van der Waals surface area contributed by atoms with E-state index in [9.17, 15) is 0 Å². The molecule has 0 N–H and O–H groups in total. The fourth-order valence-corrected chi connectivity index (χ4v) is 2.28. The van der Waals surface area contributed by atoms with E-state index in [1.54, 1.807) is 7.11 Å². The van der Waals surface area contributed by atoms with Crippen LogP contribution in [0.4, 0.5) is 0 Å². The third-order valence-corrected chi connectivity index (χ3v) is 3.36. The van der Waals surface area contributed by atoms with Crippen LogP contribution in [0.1, 0.15) is 0 Å². The summed E-state index contributed by atoms with van der Waals surface area (Å²) in [7, 11) is 1.68. The Bertz CT molecular complexity index is 481. The topological polar surface area (TPSA) is 23.4 Å². The molecule has 2 rings (SSSR count). The Balaban J connectivity index is 1.97. The van der Waals surface area contributed by atoms with Gasteiger partial charge < -0.3 is 14.0 Å². The highest BCUT2D eigenvalue weighted by Crippen LogP contribution is 2.24. The van der Waals surface area contributed by atoms with Crippen LogP contribution in [0, 0.1) is 0 Å². The number of fused-ring (bicyclic) bond motifs is 1. The lowest BCUT2D eigenvalue weighted by atomic mass is 10.2. The van der Waals surface area contributed by atoms with Gasteiger partial charge in [0.05, 0.1) is 19.8 Å². The van der Waals surface area contributed by atoms with Crippen molar-refractivity contribution >= 4 is 26.8 Å². The van der Waals surface area contributed by atoms with Crippen molar-refractivity contribution in [3.63, 3.8) is 0 Å². The Labute approximate surface area is 109 Å². The van der Waals surface area contributed by atoms with E-state index < -0.39 is 0 Å². The Kier molecular flexibility index (Phi) is 4.59. The molecule has 92 valence electrons. The van der Waals surface area contributed by atoms with Gasteiger partial charge in [0.25, 0.3) is 0 Å². The van der Waals surface area contributed by atoms with Crippen LogP contribution in [0.15, 0.2) is 34.9 Å². The van der Waals surface area contributed by atoms with E-state index in [0.717, 1.165) is 11.0 Å². The van der Waals surface area contributed by atoms with Crippen LogP contribution in [-0.4, -0.2) is 31.5 Å². The van der Waals surface area contributed by atoms with Crippen molar-refractivity contribution in [2.45, 2.75) is 6.54 Å². The molecular weight excluding hydrogens is 282 g/mol. The average molecular weight is 298 g/mol. The van der Waals surface area contributed by atoms with Gasteiger partial charge in [-0.1, -0.05) is 22.0 Å². The summed E-state index contributed by atoms with van der Waals surface area (Å²) in [5, 5.41) is 1.24. The molecule has 2 aromatic rings. The lowest BCUT2D eigenvalue weighted by Gasteiger charge is -2.06. The van der Waals surface area contributed by atoms with Gasteiger partial charge in [-0.05, 0) is 18.2 Å². The van der Waals surface area contributed by atoms with Crippen LogP contribution >= 0.6 is 15.9 Å². The van der Waals surface area contributed by atoms with Gasteiger partial charge in [-0.3, -0.25) is 0 Å². The number of nitrogens with zero attached hydrogens (tertiary/aromatic N) is 1. The maximum absolute atomic E-state index is 5.47. The summed E-state index contributed by atoms with van der Waals surface area (Å²) in [6, 6.07) is 8.35. The number of rotatable bonds is 6. The fraction of sp³-hybridized carbons (Fsp3) is 0.385. The Morgan fingerprint density at radius 1 is 1.18 bits per heavy atom. The highest BCUT2D eigenvalue weighted by Gasteiger charge is 2.03. The van der Waals surface area contributed by atoms with Crippen LogP contribution < -0.4 is 0 Å². The van der Waals surface area contributed by atoms with Gasteiger partial charge in [-0.15, -0.1) is 0 Å². The minimum absolute atomic E-state index is 0.651. The largest absolute Gasteiger partial charge is 0.382 e. The van der Waals surface area contributed by atoms with E-state index in [4.69, 9.17) is 9.47 Å². The Morgan fingerprint density at radius 3 is 2.88 bits per heavy atom. The molecule has 1 heterocycles. The quantitative estimate of drug-likeness (QED) is 0.765. The first-order valence-corrected chi connectivity index (χ1v) is 6.42. The van der Waals surface area contributed by atoms with Crippen LogP contribution in [0.5, 0.6) is 0 Å². The number of hydrogen-bond acceptors (Lipinski definition) is 2. The van der Waals surface area contributed by atoms with E-state index in [1.165, 1.54) is 10.9 Å². The van der Waals surface area contributed by atoms with E-state index in [2.05, 4.69) is 51.0 Å². The van der Waals surface area contributed by atoms with Gasteiger partial charge in [0.15, 0.2) is 0 Å². The lowest BCUT2D eigenvalue weighted by molar-refractivity contribution is 0.0670. The lowest BCUT2D eigenvalue weighted by Crippen LogP contribution is -2.08. The summed E-state index contributed by atoms with van der Waals surface area (Å²) in [6.45, 7) is 2.88. The maximum atomic E-state index is 5.47. The molecule has 1 aromatic heterocycles. The third kappa shape index (κ3) is 3.09. The predicted molar refractivity (Wildman–Crippen MR) is 72.3 cm³/mol. The molecule has 0 saturated heterocycles. The van der Waals surface area contributed by atoms with Crippen LogP contribution in [0.3, 0.4) is 0 Å². The smallest absolute Gasteiger partial charge is 0.0701 e. The highest BCUT2D eigenvalue weighted by molar-refractivity contribution is 9.10. The molecule has 0 aliphatic carbocycles. The Hall–Kier alpha value is -0.840. The van der Waals surface area contributed by atoms with Crippen molar-refractivity contribution < 1.29 is 9.47 Å². The number of benzene rings is 1. The number of methoxy groups -OCH3 is 1. The average Bonchev–Trinajstić information content (AvgIpc) is 2.74. The van der Waals surface area contributed by atoms with E-state index in [-0.39, 0.29) is 0 Å². The van der Waals surface area contributed by atoms with Crippen molar-refractivity contribution in [1.82, 2.24) is 4.57 Å². The molecule has 0 fully saturated rings. The molecule has 0 radical (unpaired) electrons. The van der Waals surface area contributed by atoms with Gasteiger partial charge >= 0.3 is 0 Å². The van der Waals surface area contributed by atoms with Crippen molar-refractivity contribution in [2.24, 2.45) is 0 Å². The summed E-state index contributed by atoms with van der Waals surface area (Å²) < 4.78 is 13.7. The number of hydrogen-bond donors (Lipinski definition) is 0. The molecule has 0 amide bonds. The molecule has 3 nitrogen and oxygen atoms in total. The fourth-order valence-electron chi connectivity index (χ4n) is 1.79. The van der Waals surface area contributed by atoms with Crippen molar-refractivity contribution in [2.75, 3.05) is 26.9 Å². The molecule has 0 saturated carbocycles. The highest BCUT2D eigenvalue weighted by atomic mass is 79.9. The molecule has 0 atom stereocenters. The minimum atomic E-state index is 0.651. The first-order chi connectivity index (χ1) is 8.33. The van der Waals surface area contributed by atoms with Crippen LogP contribution in [0.2, 0.25) is 0 Å². The van der Waals surface area contributed by atoms with Gasteiger partial charge in [0, 0.05) is 35.2 Å². The normalized spacial score (nSPS) is 11.2. The molecule has 17 heavy (non-hydrogen) atoms. The molecule has 4 heteroatoms. The van der Waals surface area contributed by atoms with Crippen molar-refractivity contribution in [1.29, 1.82) is 0 Å². The zero-order valence-corrected chi connectivity index (χ0v) is 11.4. The minimum Gasteiger partial charge on any atom is -0.382 e. The van der Waals surface area contributed by atoms with Gasteiger partial charge in [-0.25, -0.2) is 0 Å².